The highest BCUT2D eigenvalue weighted by atomic mass is 35.5. The number of nitrogen functional groups attached to an aromatic ring is 1. The fourth-order valence-corrected chi connectivity index (χ4v) is 5.07. The third-order valence-corrected chi connectivity index (χ3v) is 7.02. The van der Waals surface area contributed by atoms with E-state index >= 15 is 0 Å². The molecule has 1 amide bonds. The van der Waals surface area contributed by atoms with E-state index in [1.807, 2.05) is 50.2 Å². The highest BCUT2D eigenvalue weighted by molar-refractivity contribution is 8.00. The molecule has 0 spiro atoms. The first-order chi connectivity index (χ1) is 17.0. The molecule has 1 atom stereocenters. The van der Waals surface area contributed by atoms with Crippen LogP contribution in [0.25, 0.3) is 11.1 Å². The van der Waals surface area contributed by atoms with Gasteiger partial charge in [-0.25, -0.2) is 13.1 Å². The summed E-state index contributed by atoms with van der Waals surface area (Å²) in [6.45, 7) is 5.22. The molecule has 7 nitrogen and oxygen atoms in total. The molecule has 0 unspecified atom stereocenters. The van der Waals surface area contributed by atoms with E-state index in [4.69, 9.17) is 5.73 Å². The second kappa shape index (κ2) is 15.4. The standard InChI is InChI=1S/C27H33N3O4S2.2ClH/c1-18(2)35-26-16-22(10-13-24(26)27(32)30-36(3,33)34)20-6-4-19(5-7-20)14-15-29-17-25(31)21-8-11-23(28)12-9-21;;/h4-13,16,18,25,29,31H,14-15,17,28H2,1-3H3,(H,30,32);2*1H/t25-;;/m0../s1. The van der Waals surface area contributed by atoms with Crippen molar-refractivity contribution in [2.45, 2.75) is 36.5 Å². The van der Waals surface area contributed by atoms with E-state index in [2.05, 4.69) is 22.2 Å². The van der Waals surface area contributed by atoms with E-state index in [1.165, 1.54) is 11.8 Å². The lowest BCUT2D eigenvalue weighted by Gasteiger charge is -2.14. The third-order valence-electron chi connectivity index (χ3n) is 5.40. The van der Waals surface area contributed by atoms with Crippen LogP contribution in [0.4, 0.5) is 5.69 Å². The minimum absolute atomic E-state index is 0. The van der Waals surface area contributed by atoms with Crippen molar-refractivity contribution in [2.75, 3.05) is 25.1 Å². The molecule has 0 heterocycles. The minimum Gasteiger partial charge on any atom is -0.399 e. The molecule has 3 aromatic carbocycles. The Labute approximate surface area is 241 Å². The summed E-state index contributed by atoms with van der Waals surface area (Å²) >= 11 is 1.52. The van der Waals surface area contributed by atoms with Crippen molar-refractivity contribution >= 4 is 58.2 Å². The number of nitrogens with one attached hydrogen (secondary N) is 2. The zero-order chi connectivity index (χ0) is 26.3. The van der Waals surface area contributed by atoms with E-state index in [0.717, 1.165) is 46.4 Å². The highest BCUT2D eigenvalue weighted by Crippen LogP contribution is 2.32. The van der Waals surface area contributed by atoms with Crippen LogP contribution < -0.4 is 15.8 Å². The fraction of sp³-hybridized carbons (Fsp3) is 0.296. The van der Waals surface area contributed by atoms with Gasteiger partial charge in [-0.15, -0.1) is 36.6 Å². The molecular formula is C27H35Cl2N3O4S2. The molecule has 3 aromatic rings. The number of carbonyl (C=O) groups is 1. The summed E-state index contributed by atoms with van der Waals surface area (Å²) in [5.41, 5.74) is 10.6. The lowest BCUT2D eigenvalue weighted by atomic mass is 10.0. The maximum atomic E-state index is 12.5. The van der Waals surface area contributed by atoms with Crippen molar-refractivity contribution < 1.29 is 18.3 Å². The zero-order valence-corrected chi connectivity index (χ0v) is 24.8. The maximum Gasteiger partial charge on any atom is 0.265 e. The van der Waals surface area contributed by atoms with Crippen LogP contribution in [0.5, 0.6) is 0 Å². The van der Waals surface area contributed by atoms with Gasteiger partial charge in [0.1, 0.15) is 0 Å². The lowest BCUT2D eigenvalue weighted by Crippen LogP contribution is -2.29. The second-order valence-corrected chi connectivity index (χ2v) is 12.3. The van der Waals surface area contributed by atoms with Crippen molar-refractivity contribution in [1.82, 2.24) is 10.0 Å². The van der Waals surface area contributed by atoms with Gasteiger partial charge >= 0.3 is 0 Å². The van der Waals surface area contributed by atoms with Crippen LogP contribution >= 0.6 is 36.6 Å². The molecule has 5 N–H and O–H groups in total. The molecule has 0 aliphatic heterocycles. The minimum atomic E-state index is -3.65. The smallest absolute Gasteiger partial charge is 0.265 e. The van der Waals surface area contributed by atoms with Gasteiger partial charge in [-0.2, -0.15) is 0 Å². The summed E-state index contributed by atoms with van der Waals surface area (Å²) in [7, 11) is -3.65. The molecule has 208 valence electrons. The number of anilines is 1. The van der Waals surface area contributed by atoms with E-state index in [9.17, 15) is 18.3 Å². The summed E-state index contributed by atoms with van der Waals surface area (Å²) < 4.78 is 25.1. The van der Waals surface area contributed by atoms with Gasteiger partial charge in [-0.05, 0) is 59.5 Å². The number of hydrogen-bond donors (Lipinski definition) is 4. The molecule has 0 aliphatic carbocycles. The van der Waals surface area contributed by atoms with Gasteiger partial charge in [0.05, 0.1) is 17.9 Å². The molecule has 0 saturated carbocycles. The average Bonchev–Trinajstić information content (AvgIpc) is 2.81. The Kier molecular flexibility index (Phi) is 13.6. The van der Waals surface area contributed by atoms with Crippen molar-refractivity contribution in [2.24, 2.45) is 0 Å². The summed E-state index contributed by atoms with van der Waals surface area (Å²) in [6, 6.07) is 20.8. The van der Waals surface area contributed by atoms with Crippen LogP contribution in [0, 0.1) is 0 Å². The quantitative estimate of drug-likeness (QED) is 0.141. The topological polar surface area (TPSA) is 122 Å². The predicted octanol–water partition coefficient (Wildman–Crippen LogP) is 4.84. The Balaban J connectivity index is 0.00000361. The number of rotatable bonds is 11. The van der Waals surface area contributed by atoms with Crippen molar-refractivity contribution in [3.63, 3.8) is 0 Å². The third kappa shape index (κ3) is 10.5. The summed E-state index contributed by atoms with van der Waals surface area (Å²) in [6.07, 6.45) is 1.19. The molecule has 0 aromatic heterocycles. The fourth-order valence-electron chi connectivity index (χ4n) is 3.64. The van der Waals surface area contributed by atoms with Crippen LogP contribution in [-0.2, 0) is 16.4 Å². The molecule has 11 heteroatoms. The van der Waals surface area contributed by atoms with E-state index in [1.54, 1.807) is 18.2 Å². The lowest BCUT2D eigenvalue weighted by molar-refractivity contribution is 0.0979. The molecule has 0 bridgehead atoms. The zero-order valence-electron chi connectivity index (χ0n) is 21.5. The van der Waals surface area contributed by atoms with E-state index in [-0.39, 0.29) is 30.1 Å². The molecule has 38 heavy (non-hydrogen) atoms. The van der Waals surface area contributed by atoms with Crippen molar-refractivity contribution in [3.8, 4) is 11.1 Å². The normalized spacial score (nSPS) is 11.8. The van der Waals surface area contributed by atoms with E-state index < -0.39 is 22.0 Å². The van der Waals surface area contributed by atoms with Crippen LogP contribution in [0.2, 0.25) is 0 Å². The van der Waals surface area contributed by atoms with Crippen LogP contribution in [0.1, 0.15) is 41.4 Å². The summed E-state index contributed by atoms with van der Waals surface area (Å²) in [4.78, 5) is 13.2. The first-order valence-electron chi connectivity index (χ1n) is 11.7. The van der Waals surface area contributed by atoms with Crippen LogP contribution in [0.15, 0.2) is 71.6 Å². The van der Waals surface area contributed by atoms with Gasteiger partial charge in [0.15, 0.2) is 0 Å². The number of benzene rings is 3. The van der Waals surface area contributed by atoms with Crippen LogP contribution in [-0.4, -0.2) is 44.0 Å². The molecule has 3 rings (SSSR count). The summed E-state index contributed by atoms with van der Waals surface area (Å²) in [5, 5.41) is 13.8. The molecule has 0 saturated heterocycles. The van der Waals surface area contributed by atoms with Gasteiger partial charge in [-0.1, -0.05) is 56.3 Å². The molecular weight excluding hydrogens is 565 g/mol. The Bertz CT molecular complexity index is 1290. The van der Waals surface area contributed by atoms with Crippen LogP contribution in [0.3, 0.4) is 0 Å². The largest absolute Gasteiger partial charge is 0.399 e. The maximum absolute atomic E-state index is 12.5. The molecule has 0 radical (unpaired) electrons. The number of nitrogens with two attached hydrogens (primary N) is 1. The number of sulfonamides is 1. The van der Waals surface area contributed by atoms with Gasteiger partial charge < -0.3 is 16.2 Å². The van der Waals surface area contributed by atoms with E-state index in [0.29, 0.717) is 17.8 Å². The highest BCUT2D eigenvalue weighted by Gasteiger charge is 2.17. The van der Waals surface area contributed by atoms with Gasteiger partial charge in [0.2, 0.25) is 10.0 Å². The van der Waals surface area contributed by atoms with Gasteiger partial charge in [0.25, 0.3) is 5.91 Å². The second-order valence-electron chi connectivity index (χ2n) is 8.91. The Morgan fingerprint density at radius 2 is 1.58 bits per heavy atom. The van der Waals surface area contributed by atoms with Gasteiger partial charge in [0, 0.05) is 22.4 Å². The molecule has 0 fully saturated rings. The number of thioether (sulfide) groups is 1. The summed E-state index contributed by atoms with van der Waals surface area (Å²) in [5.74, 6) is -0.628. The number of aliphatic hydroxyl groups is 1. The Hall–Kier alpha value is -2.27. The first-order valence-corrected chi connectivity index (χ1v) is 14.5. The first kappa shape index (κ1) is 33.8. The number of carbonyl (C=O) groups excluding carboxylic acids is 1. The number of amides is 1. The number of halogens is 2. The monoisotopic (exact) mass is 599 g/mol. The van der Waals surface area contributed by atoms with Crippen molar-refractivity contribution in [1.29, 1.82) is 0 Å². The SMILES string of the molecule is CC(C)Sc1cc(-c2ccc(CCNC[C@H](O)c3ccc(N)cc3)cc2)ccc1C(=O)NS(C)(=O)=O.Cl.Cl. The van der Waals surface area contributed by atoms with Crippen molar-refractivity contribution in [3.05, 3.63) is 83.4 Å². The number of hydrogen-bond acceptors (Lipinski definition) is 7. The Morgan fingerprint density at radius 3 is 2.16 bits per heavy atom. The molecule has 0 aliphatic rings. The van der Waals surface area contributed by atoms with Gasteiger partial charge in [-0.3, -0.25) is 4.79 Å². The Morgan fingerprint density at radius 1 is 0.974 bits per heavy atom. The predicted molar refractivity (Wildman–Crippen MR) is 162 cm³/mol. The number of aliphatic hydroxyl groups excluding tert-OH is 1. The average molecular weight is 601 g/mol.